The van der Waals surface area contributed by atoms with Crippen molar-refractivity contribution in [1.29, 1.82) is 0 Å². The van der Waals surface area contributed by atoms with E-state index < -0.39 is 0 Å². The molecule has 4 nitrogen and oxygen atoms in total. The average molecular weight is 254 g/mol. The summed E-state index contributed by atoms with van der Waals surface area (Å²) in [6.45, 7) is 3.38. The topological polar surface area (TPSA) is 59.2 Å². The fourth-order valence-electron chi connectivity index (χ4n) is 2.30. The second-order valence-electron chi connectivity index (χ2n) is 4.50. The van der Waals surface area contributed by atoms with Gasteiger partial charge in [0.05, 0.1) is 10.6 Å². The van der Waals surface area contributed by atoms with Crippen LogP contribution in [0.4, 0.5) is 0 Å². The Morgan fingerprint density at radius 1 is 1.71 bits per heavy atom. The summed E-state index contributed by atoms with van der Waals surface area (Å²) in [4.78, 5) is 18.0. The van der Waals surface area contributed by atoms with E-state index in [9.17, 15) is 4.79 Å². The zero-order valence-electron chi connectivity index (χ0n) is 9.77. The predicted octanol–water partition coefficient (Wildman–Crippen LogP) is 1.54. The van der Waals surface area contributed by atoms with Gasteiger partial charge in [0.2, 0.25) is 0 Å². The van der Waals surface area contributed by atoms with E-state index in [0.717, 1.165) is 13.0 Å². The molecule has 1 aromatic heterocycles. The Hall–Kier alpha value is -1.13. The molecule has 1 aliphatic rings. The number of likely N-dealkylation sites (tertiary alicyclic amines) is 1. The number of pyridine rings is 1. The molecule has 2 N–H and O–H groups in total. The lowest BCUT2D eigenvalue weighted by Gasteiger charge is -2.21. The summed E-state index contributed by atoms with van der Waals surface area (Å²) < 4.78 is 0. The number of amides is 1. The first-order chi connectivity index (χ1) is 8.13. The maximum absolute atomic E-state index is 12.3. The van der Waals surface area contributed by atoms with Gasteiger partial charge in [0.1, 0.15) is 0 Å². The van der Waals surface area contributed by atoms with Crippen LogP contribution in [0.2, 0.25) is 5.02 Å². The lowest BCUT2D eigenvalue weighted by atomic mass is 10.1. The predicted molar refractivity (Wildman–Crippen MR) is 66.9 cm³/mol. The first-order valence-corrected chi connectivity index (χ1v) is 6.11. The number of nitrogens with zero attached hydrogens (tertiary/aromatic N) is 2. The molecule has 0 aliphatic carbocycles. The van der Waals surface area contributed by atoms with Gasteiger partial charge in [-0.2, -0.15) is 0 Å². The van der Waals surface area contributed by atoms with Crippen LogP contribution in [-0.2, 0) is 0 Å². The van der Waals surface area contributed by atoms with Crippen molar-refractivity contribution >= 4 is 17.5 Å². The fourth-order valence-corrected chi connectivity index (χ4v) is 2.50. The molecule has 2 atom stereocenters. The summed E-state index contributed by atoms with van der Waals surface area (Å²) in [5, 5.41) is 0.404. The number of aromatic nitrogens is 1. The lowest BCUT2D eigenvalue weighted by Crippen LogP contribution is -2.34. The van der Waals surface area contributed by atoms with Crippen LogP contribution in [0, 0.1) is 5.92 Å². The molecular weight excluding hydrogens is 238 g/mol. The van der Waals surface area contributed by atoms with Gasteiger partial charge < -0.3 is 10.6 Å². The van der Waals surface area contributed by atoms with E-state index in [4.69, 9.17) is 17.3 Å². The Balaban J connectivity index is 2.19. The third kappa shape index (κ3) is 2.42. The number of halogens is 1. The fraction of sp³-hybridized carbons (Fsp3) is 0.500. The second-order valence-corrected chi connectivity index (χ2v) is 4.91. The summed E-state index contributed by atoms with van der Waals surface area (Å²) >= 11 is 5.98. The highest BCUT2D eigenvalue weighted by molar-refractivity contribution is 6.33. The third-order valence-corrected chi connectivity index (χ3v) is 3.56. The highest BCUT2D eigenvalue weighted by Gasteiger charge is 2.32. The van der Waals surface area contributed by atoms with Crippen molar-refractivity contribution in [3.63, 3.8) is 0 Å². The zero-order chi connectivity index (χ0) is 12.4. The molecule has 0 saturated carbocycles. The van der Waals surface area contributed by atoms with Gasteiger partial charge in [0, 0.05) is 25.0 Å². The van der Waals surface area contributed by atoms with Gasteiger partial charge in [-0.3, -0.25) is 9.78 Å². The Kier molecular flexibility index (Phi) is 3.64. The highest BCUT2D eigenvalue weighted by Crippen LogP contribution is 2.25. The monoisotopic (exact) mass is 253 g/mol. The molecule has 5 heteroatoms. The molecule has 0 aromatic carbocycles. The average Bonchev–Trinajstić information content (AvgIpc) is 2.70. The van der Waals surface area contributed by atoms with Gasteiger partial charge >= 0.3 is 0 Å². The van der Waals surface area contributed by atoms with Crippen molar-refractivity contribution in [2.24, 2.45) is 11.7 Å². The molecule has 2 heterocycles. The van der Waals surface area contributed by atoms with Crippen LogP contribution in [0.1, 0.15) is 23.7 Å². The summed E-state index contributed by atoms with van der Waals surface area (Å²) in [7, 11) is 0. The first kappa shape index (κ1) is 12.3. The molecule has 0 spiro atoms. The number of rotatable bonds is 2. The normalized spacial score (nSPS) is 24.1. The smallest absolute Gasteiger partial charge is 0.255 e. The van der Waals surface area contributed by atoms with E-state index in [1.54, 1.807) is 12.3 Å². The maximum atomic E-state index is 12.3. The molecule has 2 rings (SSSR count). The Morgan fingerprint density at radius 2 is 2.47 bits per heavy atom. The van der Waals surface area contributed by atoms with Crippen LogP contribution in [0.3, 0.4) is 0 Å². The highest BCUT2D eigenvalue weighted by atomic mass is 35.5. The largest absolute Gasteiger partial charge is 0.336 e. The van der Waals surface area contributed by atoms with E-state index in [2.05, 4.69) is 4.98 Å². The molecule has 1 aromatic rings. The third-order valence-electron chi connectivity index (χ3n) is 3.26. The summed E-state index contributed by atoms with van der Waals surface area (Å²) in [6, 6.07) is 1.88. The minimum Gasteiger partial charge on any atom is -0.336 e. The Morgan fingerprint density at radius 3 is 3.06 bits per heavy atom. The SMILES string of the molecule is CC1CC(CN)CN1C(=O)c1ccncc1Cl. The standard InChI is InChI=1S/C12H16ClN3O/c1-8-4-9(5-14)7-16(8)12(17)10-2-3-15-6-11(10)13/h2-3,6,8-9H,4-5,7,14H2,1H3. The van der Waals surface area contributed by atoms with E-state index in [1.165, 1.54) is 6.20 Å². The van der Waals surface area contributed by atoms with Crippen LogP contribution in [0.15, 0.2) is 18.5 Å². The first-order valence-electron chi connectivity index (χ1n) is 5.74. The van der Waals surface area contributed by atoms with Gasteiger partial charge in [-0.05, 0) is 31.9 Å². The van der Waals surface area contributed by atoms with Crippen molar-refractivity contribution in [1.82, 2.24) is 9.88 Å². The van der Waals surface area contributed by atoms with Gasteiger partial charge in [0.15, 0.2) is 0 Å². The molecule has 17 heavy (non-hydrogen) atoms. The number of carbonyl (C=O) groups excluding carboxylic acids is 1. The molecule has 92 valence electrons. The molecule has 0 bridgehead atoms. The summed E-state index contributed by atoms with van der Waals surface area (Å²) in [6.07, 6.45) is 4.04. The number of hydrogen-bond donors (Lipinski definition) is 1. The maximum Gasteiger partial charge on any atom is 0.255 e. The summed E-state index contributed by atoms with van der Waals surface area (Å²) in [5.74, 6) is 0.371. The van der Waals surface area contributed by atoms with E-state index in [0.29, 0.717) is 23.0 Å². The Bertz CT molecular complexity index is 424. The van der Waals surface area contributed by atoms with E-state index in [-0.39, 0.29) is 11.9 Å². The summed E-state index contributed by atoms with van der Waals surface area (Å²) in [5.41, 5.74) is 6.17. The van der Waals surface area contributed by atoms with Crippen LogP contribution in [0.5, 0.6) is 0 Å². The van der Waals surface area contributed by atoms with E-state index >= 15 is 0 Å². The molecule has 1 aliphatic heterocycles. The molecule has 1 fully saturated rings. The van der Waals surface area contributed by atoms with E-state index in [1.807, 2.05) is 11.8 Å². The van der Waals surface area contributed by atoms with Crippen LogP contribution in [-0.4, -0.2) is 34.9 Å². The van der Waals surface area contributed by atoms with Crippen molar-refractivity contribution in [3.05, 3.63) is 29.0 Å². The minimum absolute atomic E-state index is 0.0270. The minimum atomic E-state index is -0.0270. The quantitative estimate of drug-likeness (QED) is 0.870. The van der Waals surface area contributed by atoms with Crippen LogP contribution < -0.4 is 5.73 Å². The van der Waals surface area contributed by atoms with Crippen molar-refractivity contribution in [3.8, 4) is 0 Å². The van der Waals surface area contributed by atoms with Gasteiger partial charge in [-0.1, -0.05) is 11.6 Å². The molecule has 1 saturated heterocycles. The van der Waals surface area contributed by atoms with Gasteiger partial charge in [-0.15, -0.1) is 0 Å². The molecule has 2 unspecified atom stereocenters. The zero-order valence-corrected chi connectivity index (χ0v) is 10.5. The molecule has 1 amide bonds. The lowest BCUT2D eigenvalue weighted by molar-refractivity contribution is 0.0743. The van der Waals surface area contributed by atoms with Crippen molar-refractivity contribution < 1.29 is 4.79 Å². The van der Waals surface area contributed by atoms with Crippen LogP contribution >= 0.6 is 11.6 Å². The van der Waals surface area contributed by atoms with Crippen molar-refractivity contribution in [2.75, 3.05) is 13.1 Å². The van der Waals surface area contributed by atoms with Crippen molar-refractivity contribution in [2.45, 2.75) is 19.4 Å². The molecule has 0 radical (unpaired) electrons. The van der Waals surface area contributed by atoms with Gasteiger partial charge in [-0.25, -0.2) is 0 Å². The number of nitrogens with two attached hydrogens (primary N) is 1. The number of hydrogen-bond acceptors (Lipinski definition) is 3. The Labute approximate surface area is 106 Å². The second kappa shape index (κ2) is 5.02. The van der Waals surface area contributed by atoms with Crippen LogP contribution in [0.25, 0.3) is 0 Å². The van der Waals surface area contributed by atoms with Gasteiger partial charge in [0.25, 0.3) is 5.91 Å². The number of carbonyl (C=O) groups is 1. The molecular formula is C12H16ClN3O.